The lowest BCUT2D eigenvalue weighted by Crippen LogP contribution is -2.49. The van der Waals surface area contributed by atoms with Crippen LogP contribution in [0.15, 0.2) is 18.2 Å². The maximum Gasteiger partial charge on any atom is 0.340 e. The summed E-state index contributed by atoms with van der Waals surface area (Å²) < 4.78 is 15.0. The second-order valence-electron chi connectivity index (χ2n) is 4.99. The standard InChI is InChI=1S/C17H23NO6/c1-5-22-16(20)15(17(21)23-6-2)18-14(19)10-24-13-9-7-8-11(3)12(13)4/h7-9,15H,5-6,10H2,1-4H3,(H,18,19). The molecule has 0 aliphatic carbocycles. The molecule has 1 aromatic carbocycles. The molecule has 0 spiro atoms. The average Bonchev–Trinajstić information content (AvgIpc) is 2.54. The molecule has 1 amide bonds. The molecule has 1 aromatic rings. The van der Waals surface area contributed by atoms with Crippen LogP contribution in [0.2, 0.25) is 0 Å². The van der Waals surface area contributed by atoms with Crippen molar-refractivity contribution >= 4 is 17.8 Å². The summed E-state index contributed by atoms with van der Waals surface area (Å²) in [4.78, 5) is 35.6. The predicted octanol–water partition coefficient (Wildman–Crippen LogP) is 1.29. The Kier molecular flexibility index (Phi) is 7.74. The van der Waals surface area contributed by atoms with E-state index >= 15 is 0 Å². The fourth-order valence-electron chi connectivity index (χ4n) is 1.89. The topological polar surface area (TPSA) is 90.9 Å². The van der Waals surface area contributed by atoms with Gasteiger partial charge in [-0.3, -0.25) is 4.79 Å². The van der Waals surface area contributed by atoms with Crippen LogP contribution in [0.5, 0.6) is 5.75 Å². The zero-order chi connectivity index (χ0) is 18.1. The Labute approximate surface area is 141 Å². The first-order valence-electron chi connectivity index (χ1n) is 7.72. The molecule has 7 heteroatoms. The molecule has 24 heavy (non-hydrogen) atoms. The van der Waals surface area contributed by atoms with Crippen molar-refractivity contribution in [2.75, 3.05) is 19.8 Å². The van der Waals surface area contributed by atoms with Crippen molar-refractivity contribution in [3.05, 3.63) is 29.3 Å². The molecule has 0 radical (unpaired) electrons. The number of carbonyl (C=O) groups is 3. The fraction of sp³-hybridized carbons (Fsp3) is 0.471. The number of esters is 2. The lowest BCUT2D eigenvalue weighted by Gasteiger charge is -2.16. The van der Waals surface area contributed by atoms with E-state index in [4.69, 9.17) is 14.2 Å². The zero-order valence-electron chi connectivity index (χ0n) is 14.4. The second-order valence-corrected chi connectivity index (χ2v) is 4.99. The molecule has 7 nitrogen and oxygen atoms in total. The maximum atomic E-state index is 12.0. The Balaban J connectivity index is 2.69. The molecule has 1 rings (SSSR count). The highest BCUT2D eigenvalue weighted by Gasteiger charge is 2.31. The molecular weight excluding hydrogens is 314 g/mol. The van der Waals surface area contributed by atoms with Gasteiger partial charge in [-0.05, 0) is 44.9 Å². The van der Waals surface area contributed by atoms with Gasteiger partial charge in [0.25, 0.3) is 5.91 Å². The van der Waals surface area contributed by atoms with Gasteiger partial charge in [0.2, 0.25) is 6.04 Å². The van der Waals surface area contributed by atoms with E-state index in [-0.39, 0.29) is 19.8 Å². The Morgan fingerprint density at radius 2 is 1.62 bits per heavy atom. The highest BCUT2D eigenvalue weighted by molar-refractivity contribution is 6.02. The van der Waals surface area contributed by atoms with Crippen LogP contribution in [-0.2, 0) is 23.9 Å². The number of aryl methyl sites for hydroxylation is 1. The summed E-state index contributed by atoms with van der Waals surface area (Å²) in [6, 6.07) is 3.98. The average molecular weight is 337 g/mol. The first-order valence-corrected chi connectivity index (χ1v) is 7.72. The van der Waals surface area contributed by atoms with E-state index in [1.165, 1.54) is 0 Å². The fourth-order valence-corrected chi connectivity index (χ4v) is 1.89. The SMILES string of the molecule is CCOC(=O)C(NC(=O)COc1cccc(C)c1C)C(=O)OCC. The van der Waals surface area contributed by atoms with Crippen molar-refractivity contribution in [1.82, 2.24) is 5.32 Å². The molecule has 0 atom stereocenters. The minimum absolute atomic E-state index is 0.0869. The highest BCUT2D eigenvalue weighted by atomic mass is 16.6. The summed E-state index contributed by atoms with van der Waals surface area (Å²) in [5.41, 5.74) is 1.95. The smallest absolute Gasteiger partial charge is 0.340 e. The molecule has 132 valence electrons. The van der Waals surface area contributed by atoms with Gasteiger partial charge >= 0.3 is 11.9 Å². The van der Waals surface area contributed by atoms with E-state index in [9.17, 15) is 14.4 Å². The third-order valence-corrected chi connectivity index (χ3v) is 3.26. The van der Waals surface area contributed by atoms with Crippen LogP contribution in [0, 0.1) is 13.8 Å². The molecule has 0 unspecified atom stereocenters. The maximum absolute atomic E-state index is 12.0. The van der Waals surface area contributed by atoms with Crippen LogP contribution in [0.1, 0.15) is 25.0 Å². The van der Waals surface area contributed by atoms with E-state index in [1.54, 1.807) is 19.9 Å². The van der Waals surface area contributed by atoms with Gasteiger partial charge in [-0.15, -0.1) is 0 Å². The van der Waals surface area contributed by atoms with Crippen molar-refractivity contribution in [3.8, 4) is 5.75 Å². The van der Waals surface area contributed by atoms with Crippen molar-refractivity contribution in [2.24, 2.45) is 0 Å². The number of hydrogen-bond donors (Lipinski definition) is 1. The molecule has 0 aliphatic heterocycles. The molecule has 0 fully saturated rings. The summed E-state index contributed by atoms with van der Waals surface area (Å²) in [7, 11) is 0. The molecule has 0 aromatic heterocycles. The third kappa shape index (κ3) is 5.57. The van der Waals surface area contributed by atoms with Gasteiger partial charge in [0.1, 0.15) is 5.75 Å². The van der Waals surface area contributed by atoms with E-state index in [0.717, 1.165) is 11.1 Å². The highest BCUT2D eigenvalue weighted by Crippen LogP contribution is 2.20. The number of ether oxygens (including phenoxy) is 3. The summed E-state index contributed by atoms with van der Waals surface area (Å²) in [6.45, 7) is 6.85. The molecule has 1 N–H and O–H groups in total. The molecule has 0 bridgehead atoms. The first-order chi connectivity index (χ1) is 11.4. The van der Waals surface area contributed by atoms with Crippen molar-refractivity contribution < 1.29 is 28.6 Å². The quantitative estimate of drug-likeness (QED) is 0.568. The van der Waals surface area contributed by atoms with Gasteiger partial charge in [0.05, 0.1) is 13.2 Å². The largest absolute Gasteiger partial charge is 0.483 e. The van der Waals surface area contributed by atoms with Gasteiger partial charge in [0, 0.05) is 0 Å². The molecule has 0 saturated heterocycles. The summed E-state index contributed by atoms with van der Waals surface area (Å²) in [6.07, 6.45) is 0. The van der Waals surface area contributed by atoms with E-state index in [0.29, 0.717) is 5.75 Å². The third-order valence-electron chi connectivity index (χ3n) is 3.26. The molecule has 0 saturated carbocycles. The second kappa shape index (κ2) is 9.54. The number of hydrogen-bond acceptors (Lipinski definition) is 6. The number of benzene rings is 1. The minimum Gasteiger partial charge on any atom is -0.483 e. The van der Waals surface area contributed by atoms with Gasteiger partial charge in [-0.2, -0.15) is 0 Å². The summed E-state index contributed by atoms with van der Waals surface area (Å²) >= 11 is 0. The van der Waals surface area contributed by atoms with Crippen LogP contribution >= 0.6 is 0 Å². The minimum atomic E-state index is -1.50. The van der Waals surface area contributed by atoms with Crippen LogP contribution in [0.4, 0.5) is 0 Å². The van der Waals surface area contributed by atoms with E-state index in [1.807, 2.05) is 26.0 Å². The number of nitrogens with one attached hydrogen (secondary N) is 1. The number of carbonyl (C=O) groups excluding carboxylic acids is 3. The predicted molar refractivity (Wildman–Crippen MR) is 86.6 cm³/mol. The van der Waals surface area contributed by atoms with Crippen molar-refractivity contribution in [2.45, 2.75) is 33.7 Å². The Bertz CT molecular complexity index is 581. The van der Waals surface area contributed by atoms with Crippen LogP contribution < -0.4 is 10.1 Å². The number of rotatable bonds is 8. The van der Waals surface area contributed by atoms with Crippen LogP contribution in [-0.4, -0.2) is 43.7 Å². The molecule has 0 aliphatic rings. The Morgan fingerprint density at radius 3 is 2.17 bits per heavy atom. The zero-order valence-corrected chi connectivity index (χ0v) is 14.4. The van der Waals surface area contributed by atoms with Gasteiger partial charge < -0.3 is 19.5 Å². The number of amides is 1. The lowest BCUT2D eigenvalue weighted by molar-refractivity contribution is -0.159. The summed E-state index contributed by atoms with van der Waals surface area (Å²) in [5.74, 6) is -1.79. The van der Waals surface area contributed by atoms with Crippen LogP contribution in [0.3, 0.4) is 0 Å². The summed E-state index contributed by atoms with van der Waals surface area (Å²) in [5, 5.41) is 2.28. The Morgan fingerprint density at radius 1 is 1.04 bits per heavy atom. The van der Waals surface area contributed by atoms with Crippen molar-refractivity contribution in [3.63, 3.8) is 0 Å². The van der Waals surface area contributed by atoms with Crippen molar-refractivity contribution in [1.29, 1.82) is 0 Å². The lowest BCUT2D eigenvalue weighted by atomic mass is 10.1. The van der Waals surface area contributed by atoms with Gasteiger partial charge in [-0.1, -0.05) is 12.1 Å². The monoisotopic (exact) mass is 337 g/mol. The molecule has 0 heterocycles. The Hall–Kier alpha value is -2.57. The van der Waals surface area contributed by atoms with Gasteiger partial charge in [0.15, 0.2) is 6.61 Å². The van der Waals surface area contributed by atoms with E-state index < -0.39 is 23.9 Å². The van der Waals surface area contributed by atoms with E-state index in [2.05, 4.69) is 5.32 Å². The first kappa shape index (κ1) is 19.5. The molecular formula is C17H23NO6. The van der Waals surface area contributed by atoms with Gasteiger partial charge in [-0.25, -0.2) is 9.59 Å². The normalized spacial score (nSPS) is 10.2. The van der Waals surface area contributed by atoms with Crippen LogP contribution in [0.25, 0.3) is 0 Å².